The number of carbonyl (C=O) groups is 1. The standard InChI is InChI=1S/C22H26F5N3O/c1-3-4-5-17(23)20(24)21(31)30-18-11-10-16(12-19(18)28-2)29-13-14-6-8-15(9-7-14)22(25,26)27/h6-12,17,20,28-29H,3-5,13H2,1-2H3,(H,30,31)/t17-,20-/m1/s1. The van der Waals surface area contributed by atoms with Crippen LogP contribution in [0.25, 0.3) is 0 Å². The first-order chi connectivity index (χ1) is 14.7. The lowest BCUT2D eigenvalue weighted by Gasteiger charge is -2.17. The van der Waals surface area contributed by atoms with E-state index in [0.717, 1.165) is 12.1 Å². The number of rotatable bonds is 10. The molecule has 9 heteroatoms. The van der Waals surface area contributed by atoms with Crippen LogP contribution >= 0.6 is 0 Å². The highest BCUT2D eigenvalue weighted by Crippen LogP contribution is 2.30. The molecule has 0 aliphatic carbocycles. The highest BCUT2D eigenvalue weighted by atomic mass is 19.4. The van der Waals surface area contributed by atoms with Crippen molar-refractivity contribution in [1.29, 1.82) is 0 Å². The van der Waals surface area contributed by atoms with E-state index in [-0.39, 0.29) is 18.7 Å². The maximum Gasteiger partial charge on any atom is 0.416 e. The lowest BCUT2D eigenvalue weighted by molar-refractivity contribution is -0.137. The Morgan fingerprint density at radius 3 is 2.29 bits per heavy atom. The molecule has 2 aromatic rings. The summed E-state index contributed by atoms with van der Waals surface area (Å²) >= 11 is 0. The van der Waals surface area contributed by atoms with E-state index < -0.39 is 30.0 Å². The number of unbranched alkanes of at least 4 members (excludes halogenated alkanes) is 1. The van der Waals surface area contributed by atoms with E-state index in [1.807, 2.05) is 6.92 Å². The first-order valence-electron chi connectivity index (χ1n) is 9.96. The Hall–Kier alpha value is -2.84. The zero-order valence-electron chi connectivity index (χ0n) is 17.3. The summed E-state index contributed by atoms with van der Waals surface area (Å²) < 4.78 is 65.7. The number of carbonyl (C=O) groups excluding carboxylic acids is 1. The van der Waals surface area contributed by atoms with E-state index in [1.54, 1.807) is 19.2 Å². The number of nitrogens with one attached hydrogen (secondary N) is 3. The van der Waals surface area contributed by atoms with E-state index in [4.69, 9.17) is 0 Å². The second-order valence-corrected chi connectivity index (χ2v) is 7.11. The number of halogens is 5. The molecule has 1 amide bonds. The summed E-state index contributed by atoms with van der Waals surface area (Å²) in [7, 11) is 1.61. The van der Waals surface area contributed by atoms with Gasteiger partial charge in [0.05, 0.1) is 16.9 Å². The fraction of sp³-hybridized carbons (Fsp3) is 0.409. The molecule has 0 saturated heterocycles. The molecule has 2 aromatic carbocycles. The Labute approximate surface area is 178 Å². The number of hydrogen-bond acceptors (Lipinski definition) is 3. The van der Waals surface area contributed by atoms with Crippen LogP contribution in [0.2, 0.25) is 0 Å². The number of benzene rings is 2. The third-order valence-corrected chi connectivity index (χ3v) is 4.73. The zero-order chi connectivity index (χ0) is 23.0. The van der Waals surface area contributed by atoms with Crippen molar-refractivity contribution in [2.24, 2.45) is 0 Å². The summed E-state index contributed by atoms with van der Waals surface area (Å²) in [6, 6.07) is 9.61. The first kappa shape index (κ1) is 24.4. The molecule has 0 aromatic heterocycles. The number of alkyl halides is 5. The van der Waals surface area contributed by atoms with Gasteiger partial charge < -0.3 is 16.0 Å². The molecule has 0 fully saturated rings. The third-order valence-electron chi connectivity index (χ3n) is 4.73. The predicted molar refractivity (Wildman–Crippen MR) is 113 cm³/mol. The third kappa shape index (κ3) is 7.11. The van der Waals surface area contributed by atoms with Crippen molar-refractivity contribution in [3.8, 4) is 0 Å². The quantitative estimate of drug-likeness (QED) is 0.385. The Balaban J connectivity index is 2.00. The van der Waals surface area contributed by atoms with E-state index in [9.17, 15) is 26.7 Å². The molecule has 0 saturated carbocycles. The summed E-state index contributed by atoms with van der Waals surface area (Å²) in [6.45, 7) is 2.13. The lowest BCUT2D eigenvalue weighted by Crippen LogP contribution is -2.32. The summed E-state index contributed by atoms with van der Waals surface area (Å²) in [5, 5.41) is 8.33. The average Bonchev–Trinajstić information content (AvgIpc) is 2.75. The van der Waals surface area contributed by atoms with Crippen LogP contribution in [0.1, 0.15) is 37.3 Å². The maximum atomic E-state index is 14.0. The van der Waals surface area contributed by atoms with E-state index in [2.05, 4.69) is 16.0 Å². The summed E-state index contributed by atoms with van der Waals surface area (Å²) in [5.41, 5.74) is 1.33. The van der Waals surface area contributed by atoms with Crippen LogP contribution in [-0.4, -0.2) is 25.3 Å². The normalized spacial score (nSPS) is 13.4. The highest BCUT2D eigenvalue weighted by Gasteiger charge is 2.30. The van der Waals surface area contributed by atoms with Crippen molar-refractivity contribution in [1.82, 2.24) is 0 Å². The largest absolute Gasteiger partial charge is 0.416 e. The SMILES string of the molecule is CCCC[C@@H](F)[C@@H](F)C(=O)Nc1ccc(NCc2ccc(C(F)(F)F)cc2)cc1NC. The number of anilines is 3. The second kappa shape index (κ2) is 11.0. The Bertz CT molecular complexity index is 855. The minimum atomic E-state index is -4.38. The van der Waals surface area contributed by atoms with Crippen molar-refractivity contribution < 1.29 is 26.7 Å². The minimum absolute atomic E-state index is 0.0171. The molecule has 0 aliphatic heterocycles. The van der Waals surface area contributed by atoms with Crippen LogP contribution in [0.3, 0.4) is 0 Å². The molecule has 0 heterocycles. The number of hydrogen-bond donors (Lipinski definition) is 3. The van der Waals surface area contributed by atoms with E-state index in [0.29, 0.717) is 29.8 Å². The summed E-state index contributed by atoms with van der Waals surface area (Å²) in [6.07, 6.45) is -7.31. The molecule has 0 radical (unpaired) electrons. The van der Waals surface area contributed by atoms with Crippen molar-refractivity contribution in [2.75, 3.05) is 23.0 Å². The molecule has 0 unspecified atom stereocenters. The fourth-order valence-corrected chi connectivity index (χ4v) is 2.90. The molecule has 0 spiro atoms. The van der Waals surface area contributed by atoms with Gasteiger partial charge >= 0.3 is 6.18 Å². The van der Waals surface area contributed by atoms with Crippen molar-refractivity contribution in [3.05, 3.63) is 53.6 Å². The predicted octanol–water partition coefficient (Wildman–Crippen LogP) is 6.16. The Morgan fingerprint density at radius 2 is 1.71 bits per heavy atom. The van der Waals surface area contributed by atoms with Gasteiger partial charge in [-0.2, -0.15) is 13.2 Å². The molecular weight excluding hydrogens is 417 g/mol. The Kier molecular flexibility index (Phi) is 8.65. The lowest BCUT2D eigenvalue weighted by atomic mass is 10.1. The topological polar surface area (TPSA) is 53.2 Å². The molecule has 0 bridgehead atoms. The molecule has 4 nitrogen and oxygen atoms in total. The van der Waals surface area contributed by atoms with Crippen LogP contribution in [0.15, 0.2) is 42.5 Å². The van der Waals surface area contributed by atoms with E-state index >= 15 is 0 Å². The molecular formula is C22H26F5N3O. The Morgan fingerprint density at radius 1 is 1.03 bits per heavy atom. The first-order valence-corrected chi connectivity index (χ1v) is 9.96. The molecule has 2 atom stereocenters. The van der Waals surface area contributed by atoms with Crippen molar-refractivity contribution in [3.63, 3.8) is 0 Å². The van der Waals surface area contributed by atoms with Gasteiger partial charge in [-0.3, -0.25) is 4.79 Å². The van der Waals surface area contributed by atoms with Crippen molar-refractivity contribution in [2.45, 2.75) is 51.3 Å². The summed E-state index contributed by atoms with van der Waals surface area (Å²) in [5.74, 6) is -1.05. The monoisotopic (exact) mass is 443 g/mol. The van der Waals surface area contributed by atoms with Crippen LogP contribution in [0, 0.1) is 0 Å². The van der Waals surface area contributed by atoms with Crippen LogP contribution in [-0.2, 0) is 17.5 Å². The minimum Gasteiger partial charge on any atom is -0.386 e. The van der Waals surface area contributed by atoms with Gasteiger partial charge in [-0.05, 0) is 42.3 Å². The van der Waals surface area contributed by atoms with Gasteiger partial charge in [-0.15, -0.1) is 0 Å². The van der Waals surface area contributed by atoms with Crippen LogP contribution < -0.4 is 16.0 Å². The van der Waals surface area contributed by atoms with E-state index in [1.165, 1.54) is 18.2 Å². The van der Waals surface area contributed by atoms with Gasteiger partial charge in [0.25, 0.3) is 5.91 Å². The zero-order valence-corrected chi connectivity index (χ0v) is 17.3. The summed E-state index contributed by atoms with van der Waals surface area (Å²) in [4.78, 5) is 12.0. The molecule has 0 aliphatic rings. The van der Waals surface area contributed by atoms with Crippen LogP contribution in [0.5, 0.6) is 0 Å². The van der Waals surface area contributed by atoms with Crippen LogP contribution in [0.4, 0.5) is 39.0 Å². The van der Waals surface area contributed by atoms with Gasteiger partial charge in [0.1, 0.15) is 6.17 Å². The molecule has 31 heavy (non-hydrogen) atoms. The van der Waals surface area contributed by atoms with Gasteiger partial charge in [0.15, 0.2) is 0 Å². The molecule has 170 valence electrons. The number of amides is 1. The maximum absolute atomic E-state index is 14.0. The molecule has 3 N–H and O–H groups in total. The smallest absolute Gasteiger partial charge is 0.386 e. The van der Waals surface area contributed by atoms with Gasteiger partial charge in [-0.1, -0.05) is 31.9 Å². The van der Waals surface area contributed by atoms with Gasteiger partial charge in [-0.25, -0.2) is 8.78 Å². The average molecular weight is 443 g/mol. The van der Waals surface area contributed by atoms with Crippen molar-refractivity contribution >= 4 is 23.0 Å². The second-order valence-electron chi connectivity index (χ2n) is 7.11. The highest BCUT2D eigenvalue weighted by molar-refractivity contribution is 5.97. The van der Waals surface area contributed by atoms with Gasteiger partial charge in [0.2, 0.25) is 6.17 Å². The fourth-order valence-electron chi connectivity index (χ4n) is 2.90. The van der Waals surface area contributed by atoms with Gasteiger partial charge in [0, 0.05) is 19.3 Å². The molecule has 2 rings (SSSR count).